The maximum absolute atomic E-state index is 11.0. The largest absolute Gasteiger partial charge is 0.478 e. The molecule has 1 atom stereocenters. The summed E-state index contributed by atoms with van der Waals surface area (Å²) in [5.74, 6) is -0.182. The van der Waals surface area contributed by atoms with Crippen molar-refractivity contribution in [3.8, 4) is 0 Å². The third kappa shape index (κ3) is 2.97. The lowest BCUT2D eigenvalue weighted by Crippen LogP contribution is -2.15. The second-order valence-corrected chi connectivity index (χ2v) is 4.18. The van der Waals surface area contributed by atoms with Crippen LogP contribution in [0.3, 0.4) is 0 Å². The van der Waals surface area contributed by atoms with Crippen LogP contribution in [0, 0.1) is 5.92 Å². The Morgan fingerprint density at radius 1 is 1.44 bits per heavy atom. The number of rotatable bonds is 4. The van der Waals surface area contributed by atoms with Gasteiger partial charge >= 0.3 is 5.97 Å². The van der Waals surface area contributed by atoms with E-state index in [2.05, 4.69) is 0 Å². The third-order valence-electron chi connectivity index (χ3n) is 2.87. The molecule has 0 aromatic heterocycles. The van der Waals surface area contributed by atoms with Crippen molar-refractivity contribution in [3.05, 3.63) is 35.4 Å². The van der Waals surface area contributed by atoms with E-state index in [9.17, 15) is 4.79 Å². The molecule has 3 N–H and O–H groups in total. The molecule has 0 unspecified atom stereocenters. The second kappa shape index (κ2) is 5.32. The first-order valence-corrected chi connectivity index (χ1v) is 5.26. The van der Waals surface area contributed by atoms with E-state index in [1.54, 1.807) is 12.1 Å². The molecule has 0 aliphatic heterocycles. The first-order chi connectivity index (χ1) is 7.18. The maximum atomic E-state index is 11.0. The second-order valence-electron chi connectivity index (χ2n) is 4.18. The summed E-state index contributed by atoms with van der Waals surface area (Å²) in [5, 5.41) is 9.01. The molecular weight excluding hydrogens is 226 g/mol. The molecule has 0 saturated heterocycles. The van der Waals surface area contributed by atoms with Crippen LogP contribution in [0.4, 0.5) is 0 Å². The van der Waals surface area contributed by atoms with Gasteiger partial charge in [-0.15, -0.1) is 12.4 Å². The van der Waals surface area contributed by atoms with Gasteiger partial charge in [0, 0.05) is 6.04 Å². The number of aromatic carboxylic acids is 1. The van der Waals surface area contributed by atoms with Crippen molar-refractivity contribution in [1.29, 1.82) is 0 Å². The zero-order valence-electron chi connectivity index (χ0n) is 8.93. The Kier molecular flexibility index (Phi) is 4.33. The van der Waals surface area contributed by atoms with Crippen LogP contribution >= 0.6 is 12.4 Å². The van der Waals surface area contributed by atoms with Crippen molar-refractivity contribution in [1.82, 2.24) is 0 Å². The molecule has 1 fully saturated rings. The summed E-state index contributed by atoms with van der Waals surface area (Å²) in [4.78, 5) is 11.0. The van der Waals surface area contributed by atoms with Crippen molar-refractivity contribution in [2.75, 3.05) is 0 Å². The number of halogens is 1. The lowest BCUT2D eigenvalue weighted by molar-refractivity contribution is 0.0695. The smallest absolute Gasteiger partial charge is 0.336 e. The first kappa shape index (κ1) is 13.0. The normalized spacial score (nSPS) is 16.3. The number of hydrogen-bond acceptors (Lipinski definition) is 2. The molecule has 1 saturated carbocycles. The fourth-order valence-corrected chi connectivity index (χ4v) is 1.85. The number of carboxylic acids is 1. The number of hydrogen-bond donors (Lipinski definition) is 2. The van der Waals surface area contributed by atoms with Gasteiger partial charge in [-0.25, -0.2) is 4.79 Å². The zero-order chi connectivity index (χ0) is 10.8. The standard InChI is InChI=1S/C12H15NO2.ClH/c13-11(7-8-5-6-8)9-3-1-2-4-10(9)12(14)15;/h1-4,8,11H,5-7,13H2,(H,14,15);1H/t11-;/m1./s1. The monoisotopic (exact) mass is 241 g/mol. The van der Waals surface area contributed by atoms with Gasteiger partial charge in [-0.05, 0) is 24.0 Å². The molecule has 1 aromatic carbocycles. The summed E-state index contributed by atoms with van der Waals surface area (Å²) < 4.78 is 0. The predicted molar refractivity (Wildman–Crippen MR) is 64.9 cm³/mol. The maximum Gasteiger partial charge on any atom is 0.336 e. The van der Waals surface area contributed by atoms with Gasteiger partial charge in [0.25, 0.3) is 0 Å². The molecule has 0 amide bonds. The summed E-state index contributed by atoms with van der Waals surface area (Å²) in [6, 6.07) is 6.87. The molecule has 88 valence electrons. The highest BCUT2D eigenvalue weighted by atomic mass is 35.5. The minimum Gasteiger partial charge on any atom is -0.478 e. The number of carbonyl (C=O) groups is 1. The summed E-state index contributed by atoms with van der Waals surface area (Å²) in [7, 11) is 0. The molecular formula is C12H16ClNO2. The fraction of sp³-hybridized carbons (Fsp3) is 0.417. The third-order valence-corrected chi connectivity index (χ3v) is 2.87. The van der Waals surface area contributed by atoms with Crippen LogP contribution in [0.25, 0.3) is 0 Å². The molecule has 0 radical (unpaired) electrons. The Labute approximate surface area is 101 Å². The summed E-state index contributed by atoms with van der Waals surface area (Å²) in [6.45, 7) is 0. The molecule has 0 bridgehead atoms. The summed E-state index contributed by atoms with van der Waals surface area (Å²) in [5.41, 5.74) is 7.11. The van der Waals surface area contributed by atoms with E-state index < -0.39 is 5.97 Å². The minimum atomic E-state index is -0.892. The van der Waals surface area contributed by atoms with Crippen molar-refractivity contribution < 1.29 is 9.90 Å². The van der Waals surface area contributed by atoms with Gasteiger partial charge in [0.1, 0.15) is 0 Å². The van der Waals surface area contributed by atoms with Crippen molar-refractivity contribution in [2.24, 2.45) is 11.7 Å². The summed E-state index contributed by atoms with van der Waals surface area (Å²) in [6.07, 6.45) is 3.39. The molecule has 1 aliphatic carbocycles. The van der Waals surface area contributed by atoms with E-state index in [1.165, 1.54) is 12.8 Å². The Morgan fingerprint density at radius 2 is 2.06 bits per heavy atom. The molecule has 1 aromatic rings. The van der Waals surface area contributed by atoms with E-state index in [4.69, 9.17) is 10.8 Å². The highest BCUT2D eigenvalue weighted by molar-refractivity contribution is 5.89. The van der Waals surface area contributed by atoms with E-state index in [0.717, 1.165) is 12.0 Å². The van der Waals surface area contributed by atoms with E-state index in [1.807, 2.05) is 12.1 Å². The number of carboxylic acid groups (broad SMARTS) is 1. The molecule has 3 nitrogen and oxygen atoms in total. The number of nitrogens with two attached hydrogens (primary N) is 1. The van der Waals surface area contributed by atoms with Crippen molar-refractivity contribution >= 4 is 18.4 Å². The van der Waals surface area contributed by atoms with E-state index >= 15 is 0 Å². The van der Waals surface area contributed by atoms with Crippen LogP contribution in [0.2, 0.25) is 0 Å². The van der Waals surface area contributed by atoms with Crippen LogP contribution in [0.5, 0.6) is 0 Å². The van der Waals surface area contributed by atoms with Crippen LogP contribution in [-0.4, -0.2) is 11.1 Å². The highest BCUT2D eigenvalue weighted by Gasteiger charge is 2.26. The molecule has 2 rings (SSSR count). The summed E-state index contributed by atoms with van der Waals surface area (Å²) >= 11 is 0. The highest BCUT2D eigenvalue weighted by Crippen LogP contribution is 2.37. The lowest BCUT2D eigenvalue weighted by atomic mass is 9.97. The fourth-order valence-electron chi connectivity index (χ4n) is 1.85. The van der Waals surface area contributed by atoms with Gasteiger partial charge in [0.15, 0.2) is 0 Å². The lowest BCUT2D eigenvalue weighted by Gasteiger charge is -2.13. The Morgan fingerprint density at radius 3 is 2.62 bits per heavy atom. The number of benzene rings is 1. The minimum absolute atomic E-state index is 0. The van der Waals surface area contributed by atoms with Crippen molar-refractivity contribution in [3.63, 3.8) is 0 Å². The Balaban J connectivity index is 0.00000128. The molecule has 16 heavy (non-hydrogen) atoms. The van der Waals surface area contributed by atoms with Crippen molar-refractivity contribution in [2.45, 2.75) is 25.3 Å². The van der Waals surface area contributed by atoms with E-state index in [0.29, 0.717) is 11.5 Å². The van der Waals surface area contributed by atoms with Gasteiger partial charge in [0.2, 0.25) is 0 Å². The molecule has 0 spiro atoms. The average Bonchev–Trinajstić information content (AvgIpc) is 3.01. The van der Waals surface area contributed by atoms with Gasteiger partial charge in [-0.2, -0.15) is 0 Å². The quantitative estimate of drug-likeness (QED) is 0.852. The van der Waals surface area contributed by atoms with E-state index in [-0.39, 0.29) is 18.4 Å². The molecule has 0 heterocycles. The zero-order valence-corrected chi connectivity index (χ0v) is 9.74. The predicted octanol–water partition coefficient (Wildman–Crippen LogP) is 2.61. The SMILES string of the molecule is Cl.N[C@H](CC1CC1)c1ccccc1C(=O)O. The average molecular weight is 242 g/mol. The molecule has 1 aliphatic rings. The van der Waals surface area contributed by atoms with Crippen LogP contribution in [-0.2, 0) is 0 Å². The van der Waals surface area contributed by atoms with Gasteiger partial charge < -0.3 is 10.8 Å². The van der Waals surface area contributed by atoms with Crippen LogP contribution < -0.4 is 5.73 Å². The van der Waals surface area contributed by atoms with Gasteiger partial charge in [-0.1, -0.05) is 31.0 Å². The van der Waals surface area contributed by atoms with Crippen LogP contribution in [0.15, 0.2) is 24.3 Å². The Bertz CT molecular complexity index is 377. The first-order valence-electron chi connectivity index (χ1n) is 5.26. The topological polar surface area (TPSA) is 63.3 Å². The van der Waals surface area contributed by atoms with Crippen LogP contribution in [0.1, 0.15) is 41.2 Å². The van der Waals surface area contributed by atoms with Gasteiger partial charge in [-0.3, -0.25) is 0 Å². The Hall–Kier alpha value is -1.06. The van der Waals surface area contributed by atoms with Gasteiger partial charge in [0.05, 0.1) is 5.56 Å². The molecule has 4 heteroatoms.